The number of benzene rings is 1. The molecule has 0 aromatic heterocycles. The Bertz CT molecular complexity index is 527. The van der Waals surface area contributed by atoms with Gasteiger partial charge in [-0.25, -0.2) is 0 Å². The molecule has 1 fully saturated rings. The number of nitrogens with one attached hydrogen (secondary N) is 1. The number of carbonyl (C=O) groups excluding carboxylic acids is 2. The van der Waals surface area contributed by atoms with Crippen molar-refractivity contribution in [3.05, 3.63) is 29.8 Å². The first-order valence-electron chi connectivity index (χ1n) is 7.73. The van der Waals surface area contributed by atoms with Crippen molar-refractivity contribution < 1.29 is 14.3 Å². The Labute approximate surface area is 131 Å². The SMILES string of the molecule is CCc1ccc(N2CC(C(=O)NC(C)COC)CC2=O)cc1. The van der Waals surface area contributed by atoms with Gasteiger partial charge in [0, 0.05) is 31.8 Å². The molecule has 1 N–H and O–H groups in total. The number of methoxy groups -OCH3 is 1. The molecule has 2 unspecified atom stereocenters. The predicted molar refractivity (Wildman–Crippen MR) is 85.8 cm³/mol. The number of carbonyl (C=O) groups is 2. The molecule has 5 nitrogen and oxygen atoms in total. The van der Waals surface area contributed by atoms with Crippen LogP contribution in [0.1, 0.15) is 25.8 Å². The summed E-state index contributed by atoms with van der Waals surface area (Å²) in [5.41, 5.74) is 2.10. The number of rotatable bonds is 6. The van der Waals surface area contributed by atoms with E-state index in [4.69, 9.17) is 4.74 Å². The zero-order chi connectivity index (χ0) is 16.1. The lowest BCUT2D eigenvalue weighted by molar-refractivity contribution is -0.127. The number of amides is 2. The zero-order valence-electron chi connectivity index (χ0n) is 13.5. The minimum atomic E-state index is -0.294. The summed E-state index contributed by atoms with van der Waals surface area (Å²) in [6.45, 7) is 4.89. The molecule has 1 aromatic carbocycles. The first-order valence-corrected chi connectivity index (χ1v) is 7.73. The van der Waals surface area contributed by atoms with Gasteiger partial charge in [0.05, 0.1) is 12.5 Å². The van der Waals surface area contributed by atoms with E-state index < -0.39 is 0 Å². The second-order valence-electron chi connectivity index (χ2n) is 5.79. The zero-order valence-corrected chi connectivity index (χ0v) is 13.5. The molecule has 120 valence electrons. The van der Waals surface area contributed by atoms with E-state index in [1.165, 1.54) is 5.56 Å². The molecule has 1 aliphatic heterocycles. The molecule has 2 amide bonds. The van der Waals surface area contributed by atoms with Crippen LogP contribution in [0, 0.1) is 5.92 Å². The normalized spacial score (nSPS) is 19.3. The van der Waals surface area contributed by atoms with Crippen molar-refractivity contribution in [3.63, 3.8) is 0 Å². The Hall–Kier alpha value is -1.88. The second-order valence-corrected chi connectivity index (χ2v) is 5.79. The molecule has 2 atom stereocenters. The summed E-state index contributed by atoms with van der Waals surface area (Å²) < 4.78 is 5.01. The highest BCUT2D eigenvalue weighted by Crippen LogP contribution is 2.25. The van der Waals surface area contributed by atoms with Crippen molar-refractivity contribution in [2.75, 3.05) is 25.2 Å². The quantitative estimate of drug-likeness (QED) is 0.871. The standard InChI is InChI=1S/C17H24N2O3/c1-4-13-5-7-15(8-6-13)19-10-14(9-16(19)20)17(21)18-12(2)11-22-3/h5-8,12,14H,4,9-11H2,1-3H3,(H,18,21). The van der Waals surface area contributed by atoms with Crippen molar-refractivity contribution in [1.82, 2.24) is 5.32 Å². The van der Waals surface area contributed by atoms with Crippen LogP contribution in [0.15, 0.2) is 24.3 Å². The first kappa shape index (κ1) is 16.5. The molecule has 1 aromatic rings. The van der Waals surface area contributed by atoms with Crippen LogP contribution in [0.25, 0.3) is 0 Å². The van der Waals surface area contributed by atoms with Gasteiger partial charge in [-0.3, -0.25) is 9.59 Å². The number of aryl methyl sites for hydroxylation is 1. The predicted octanol–water partition coefficient (Wildman–Crippen LogP) is 1.75. The molecule has 2 rings (SSSR count). The summed E-state index contributed by atoms with van der Waals surface area (Å²) in [6.07, 6.45) is 1.23. The van der Waals surface area contributed by atoms with E-state index in [1.807, 2.05) is 31.2 Å². The van der Waals surface area contributed by atoms with Gasteiger partial charge in [-0.05, 0) is 31.0 Å². The topological polar surface area (TPSA) is 58.6 Å². The lowest BCUT2D eigenvalue weighted by Gasteiger charge is -2.18. The maximum atomic E-state index is 12.2. The van der Waals surface area contributed by atoms with E-state index in [1.54, 1.807) is 12.0 Å². The van der Waals surface area contributed by atoms with Crippen molar-refractivity contribution in [1.29, 1.82) is 0 Å². The number of anilines is 1. The van der Waals surface area contributed by atoms with Gasteiger partial charge in [0.1, 0.15) is 0 Å². The van der Waals surface area contributed by atoms with E-state index in [0.29, 0.717) is 13.2 Å². The molecule has 1 heterocycles. The fraction of sp³-hybridized carbons (Fsp3) is 0.529. The molecule has 1 aliphatic rings. The van der Waals surface area contributed by atoms with Crippen LogP contribution in [-0.2, 0) is 20.7 Å². The number of hydrogen-bond acceptors (Lipinski definition) is 3. The Morgan fingerprint density at radius 2 is 2.09 bits per heavy atom. The Balaban J connectivity index is 1.99. The molecule has 0 saturated carbocycles. The second kappa shape index (κ2) is 7.40. The first-order chi connectivity index (χ1) is 10.5. The maximum absolute atomic E-state index is 12.2. The van der Waals surface area contributed by atoms with Crippen LogP contribution in [0.2, 0.25) is 0 Å². The van der Waals surface area contributed by atoms with E-state index in [0.717, 1.165) is 12.1 Å². The molecular formula is C17H24N2O3. The Morgan fingerprint density at radius 1 is 1.41 bits per heavy atom. The van der Waals surface area contributed by atoms with Crippen molar-refractivity contribution in [2.24, 2.45) is 5.92 Å². The highest BCUT2D eigenvalue weighted by molar-refractivity contribution is 6.00. The number of ether oxygens (including phenoxy) is 1. The summed E-state index contributed by atoms with van der Waals surface area (Å²) in [4.78, 5) is 26.1. The third kappa shape index (κ3) is 3.85. The van der Waals surface area contributed by atoms with Gasteiger partial charge in [-0.1, -0.05) is 19.1 Å². The fourth-order valence-electron chi connectivity index (χ4n) is 2.70. The molecule has 0 radical (unpaired) electrons. The smallest absolute Gasteiger partial charge is 0.227 e. The average molecular weight is 304 g/mol. The van der Waals surface area contributed by atoms with Crippen molar-refractivity contribution in [2.45, 2.75) is 32.7 Å². The largest absolute Gasteiger partial charge is 0.383 e. The van der Waals surface area contributed by atoms with Gasteiger partial charge in [-0.2, -0.15) is 0 Å². The van der Waals surface area contributed by atoms with Crippen LogP contribution in [0.3, 0.4) is 0 Å². The summed E-state index contributed by atoms with van der Waals surface area (Å²) in [6, 6.07) is 7.90. The van der Waals surface area contributed by atoms with Gasteiger partial charge < -0.3 is 15.0 Å². The molecule has 5 heteroatoms. The van der Waals surface area contributed by atoms with Crippen molar-refractivity contribution in [3.8, 4) is 0 Å². The van der Waals surface area contributed by atoms with Gasteiger partial charge in [-0.15, -0.1) is 0 Å². The van der Waals surface area contributed by atoms with E-state index in [9.17, 15) is 9.59 Å². The van der Waals surface area contributed by atoms with E-state index >= 15 is 0 Å². The van der Waals surface area contributed by atoms with Crippen LogP contribution in [-0.4, -0.2) is 38.1 Å². The van der Waals surface area contributed by atoms with Crippen LogP contribution in [0.4, 0.5) is 5.69 Å². The molecule has 0 aliphatic carbocycles. The maximum Gasteiger partial charge on any atom is 0.227 e. The lowest BCUT2D eigenvalue weighted by Crippen LogP contribution is -2.40. The van der Waals surface area contributed by atoms with E-state index in [2.05, 4.69) is 12.2 Å². The molecule has 0 spiro atoms. The van der Waals surface area contributed by atoms with Gasteiger partial charge in [0.2, 0.25) is 11.8 Å². The number of nitrogens with zero attached hydrogens (tertiary/aromatic N) is 1. The molecular weight excluding hydrogens is 280 g/mol. The minimum Gasteiger partial charge on any atom is -0.383 e. The Kier molecular flexibility index (Phi) is 5.55. The highest BCUT2D eigenvalue weighted by atomic mass is 16.5. The van der Waals surface area contributed by atoms with Crippen LogP contribution in [0.5, 0.6) is 0 Å². The minimum absolute atomic E-state index is 0.00351. The molecule has 0 bridgehead atoms. The molecule has 22 heavy (non-hydrogen) atoms. The van der Waals surface area contributed by atoms with Gasteiger partial charge in [0.25, 0.3) is 0 Å². The third-order valence-corrected chi connectivity index (χ3v) is 3.96. The summed E-state index contributed by atoms with van der Waals surface area (Å²) in [7, 11) is 1.60. The lowest BCUT2D eigenvalue weighted by atomic mass is 10.1. The summed E-state index contributed by atoms with van der Waals surface area (Å²) in [5, 5.41) is 2.89. The van der Waals surface area contributed by atoms with Crippen LogP contribution < -0.4 is 10.2 Å². The molecule has 1 saturated heterocycles. The summed E-state index contributed by atoms with van der Waals surface area (Å²) in [5.74, 6) is -0.368. The highest BCUT2D eigenvalue weighted by Gasteiger charge is 2.35. The monoisotopic (exact) mass is 304 g/mol. The number of hydrogen-bond donors (Lipinski definition) is 1. The van der Waals surface area contributed by atoms with Crippen molar-refractivity contribution >= 4 is 17.5 Å². The fourth-order valence-corrected chi connectivity index (χ4v) is 2.70. The van der Waals surface area contributed by atoms with Gasteiger partial charge >= 0.3 is 0 Å². The van der Waals surface area contributed by atoms with Gasteiger partial charge in [0.15, 0.2) is 0 Å². The third-order valence-electron chi connectivity index (χ3n) is 3.96. The average Bonchev–Trinajstić information content (AvgIpc) is 2.89. The van der Waals surface area contributed by atoms with Crippen LogP contribution >= 0.6 is 0 Å². The van der Waals surface area contributed by atoms with E-state index in [-0.39, 0.29) is 30.2 Å². The Morgan fingerprint density at radius 3 is 2.68 bits per heavy atom. The summed E-state index contributed by atoms with van der Waals surface area (Å²) >= 11 is 0.